The minimum Gasteiger partial charge on any atom is -0.481 e. The Morgan fingerprint density at radius 2 is 1.63 bits per heavy atom. The summed E-state index contributed by atoms with van der Waals surface area (Å²) in [6.45, 7) is 1.56. The van der Waals surface area contributed by atoms with Crippen LogP contribution in [0.3, 0.4) is 0 Å². The highest BCUT2D eigenvalue weighted by Crippen LogP contribution is 2.45. The van der Waals surface area contributed by atoms with Crippen molar-refractivity contribution in [3.05, 3.63) is 70.7 Å². The van der Waals surface area contributed by atoms with Gasteiger partial charge in [0.05, 0.1) is 10.7 Å². The van der Waals surface area contributed by atoms with Crippen LogP contribution in [0.2, 0.25) is 0 Å². The van der Waals surface area contributed by atoms with Gasteiger partial charge in [0.2, 0.25) is 5.52 Å². The third-order valence-corrected chi connectivity index (χ3v) is 8.06. The molecule has 0 amide bonds. The molecule has 3 aromatic rings. The highest BCUT2D eigenvalue weighted by molar-refractivity contribution is 8.03. The van der Waals surface area contributed by atoms with Gasteiger partial charge in [-0.25, -0.2) is 0 Å². The molecule has 0 spiro atoms. The van der Waals surface area contributed by atoms with Crippen LogP contribution in [0.1, 0.15) is 43.5 Å². The minimum atomic E-state index is -0.750. The molecule has 0 fully saturated rings. The summed E-state index contributed by atoms with van der Waals surface area (Å²) >= 11 is 3.47. The lowest BCUT2D eigenvalue weighted by Crippen LogP contribution is -2.35. The Balaban J connectivity index is 1.52. The zero-order chi connectivity index (χ0) is 24.6. The third kappa shape index (κ3) is 6.52. The third-order valence-electron chi connectivity index (χ3n) is 5.80. The first-order valence-corrected chi connectivity index (χ1v) is 13.4. The average Bonchev–Trinajstić information content (AvgIpc) is 3.37. The molecule has 0 radical (unpaired) electrons. The lowest BCUT2D eigenvalue weighted by Gasteiger charge is -2.20. The van der Waals surface area contributed by atoms with Crippen LogP contribution in [0.25, 0.3) is 16.3 Å². The number of carboxylic acid groups (broad SMARTS) is 2. The first-order chi connectivity index (χ1) is 17.0. The molecule has 35 heavy (non-hydrogen) atoms. The minimum absolute atomic E-state index is 0.194. The number of para-hydroxylation sites is 2. The Morgan fingerprint density at radius 3 is 2.43 bits per heavy atom. The SMILES string of the molecule is O=C(O)CCCCN1C(=CC=Cc2sc3ccccc3[n+]2CCCCC(=O)O)Sc2ccccc21. The van der Waals surface area contributed by atoms with E-state index in [9.17, 15) is 9.59 Å². The van der Waals surface area contributed by atoms with Gasteiger partial charge in [-0.3, -0.25) is 9.59 Å². The van der Waals surface area contributed by atoms with E-state index in [1.165, 1.54) is 20.8 Å². The number of benzene rings is 2. The fourth-order valence-electron chi connectivity index (χ4n) is 4.12. The van der Waals surface area contributed by atoms with Crippen LogP contribution in [0, 0.1) is 0 Å². The molecule has 2 aromatic carbocycles. The molecule has 6 nitrogen and oxygen atoms in total. The van der Waals surface area contributed by atoms with Gasteiger partial charge in [-0.05, 0) is 43.5 Å². The van der Waals surface area contributed by atoms with Crippen molar-refractivity contribution in [1.29, 1.82) is 0 Å². The van der Waals surface area contributed by atoms with Gasteiger partial charge in [-0.15, -0.1) is 0 Å². The van der Waals surface area contributed by atoms with Crippen molar-refractivity contribution in [2.24, 2.45) is 0 Å². The zero-order valence-corrected chi connectivity index (χ0v) is 21.1. The van der Waals surface area contributed by atoms with E-state index in [-0.39, 0.29) is 12.8 Å². The molecule has 0 bridgehead atoms. The number of aliphatic carboxylic acids is 2. The number of nitrogens with zero attached hydrogens (tertiary/aromatic N) is 2. The van der Waals surface area contributed by atoms with Crippen LogP contribution < -0.4 is 9.47 Å². The Hall–Kier alpha value is -3.10. The number of unbranched alkanes of at least 4 members (excludes halogenated alkanes) is 2. The van der Waals surface area contributed by atoms with E-state index >= 15 is 0 Å². The number of anilines is 1. The molecule has 8 heteroatoms. The Labute approximate surface area is 213 Å². The quantitative estimate of drug-likeness (QED) is 0.225. The van der Waals surface area contributed by atoms with Crippen LogP contribution in [0.4, 0.5) is 5.69 Å². The number of aromatic nitrogens is 1. The van der Waals surface area contributed by atoms with Crippen LogP contribution in [-0.2, 0) is 16.1 Å². The summed E-state index contributed by atoms with van der Waals surface area (Å²) in [4.78, 5) is 25.2. The number of aryl methyl sites for hydroxylation is 1. The fraction of sp³-hybridized carbons (Fsp3) is 0.296. The summed E-state index contributed by atoms with van der Waals surface area (Å²) in [5.74, 6) is -1.50. The van der Waals surface area contributed by atoms with Crippen molar-refractivity contribution in [1.82, 2.24) is 0 Å². The van der Waals surface area contributed by atoms with E-state index in [2.05, 4.69) is 52.0 Å². The van der Waals surface area contributed by atoms with E-state index in [1.54, 1.807) is 23.1 Å². The highest BCUT2D eigenvalue weighted by atomic mass is 32.2. The van der Waals surface area contributed by atoms with Crippen molar-refractivity contribution in [2.45, 2.75) is 50.0 Å². The molecule has 4 rings (SSSR count). The number of thioether (sulfide) groups is 1. The maximum absolute atomic E-state index is 10.9. The first kappa shape index (κ1) is 25.0. The van der Waals surface area contributed by atoms with E-state index < -0.39 is 11.9 Å². The van der Waals surface area contributed by atoms with Crippen LogP contribution in [0.15, 0.2) is 70.6 Å². The predicted molar refractivity (Wildman–Crippen MR) is 142 cm³/mol. The van der Waals surface area contributed by atoms with Gasteiger partial charge in [-0.1, -0.05) is 53.4 Å². The van der Waals surface area contributed by atoms with E-state index in [0.717, 1.165) is 36.0 Å². The number of allylic oxidation sites excluding steroid dienone is 2. The average molecular weight is 510 g/mol. The van der Waals surface area contributed by atoms with Crippen molar-refractivity contribution in [2.75, 3.05) is 11.4 Å². The maximum Gasteiger partial charge on any atom is 0.303 e. The number of carboxylic acids is 2. The predicted octanol–water partition coefficient (Wildman–Crippen LogP) is 6.17. The second kappa shape index (κ2) is 12.0. The molecule has 182 valence electrons. The van der Waals surface area contributed by atoms with Crippen molar-refractivity contribution in [3.8, 4) is 0 Å². The smallest absolute Gasteiger partial charge is 0.303 e. The van der Waals surface area contributed by atoms with Gasteiger partial charge in [0.25, 0.3) is 5.01 Å². The molecule has 2 heterocycles. The van der Waals surface area contributed by atoms with Gasteiger partial charge in [0, 0.05) is 42.8 Å². The molecule has 2 N–H and O–H groups in total. The Morgan fingerprint density at radius 1 is 0.914 bits per heavy atom. The lowest BCUT2D eigenvalue weighted by molar-refractivity contribution is -0.669. The molecule has 0 unspecified atom stereocenters. The second-order valence-corrected chi connectivity index (χ2v) is 10.5. The number of fused-ring (bicyclic) bond motifs is 2. The first-order valence-electron chi connectivity index (χ1n) is 11.8. The summed E-state index contributed by atoms with van der Waals surface area (Å²) < 4.78 is 3.48. The van der Waals surface area contributed by atoms with Gasteiger partial charge < -0.3 is 15.1 Å². The molecule has 1 aromatic heterocycles. The summed E-state index contributed by atoms with van der Waals surface area (Å²) in [5, 5.41) is 20.1. The number of carbonyl (C=O) groups is 2. The van der Waals surface area contributed by atoms with Crippen molar-refractivity contribution in [3.63, 3.8) is 0 Å². The van der Waals surface area contributed by atoms with Gasteiger partial charge in [-0.2, -0.15) is 4.57 Å². The van der Waals surface area contributed by atoms with E-state index in [4.69, 9.17) is 10.2 Å². The lowest BCUT2D eigenvalue weighted by atomic mass is 10.2. The van der Waals surface area contributed by atoms with Gasteiger partial charge in [0.15, 0.2) is 6.54 Å². The number of hydrogen-bond acceptors (Lipinski definition) is 5. The van der Waals surface area contributed by atoms with E-state index in [1.807, 2.05) is 24.3 Å². The molecule has 1 aliphatic rings. The second-order valence-electron chi connectivity index (χ2n) is 8.35. The van der Waals surface area contributed by atoms with Crippen molar-refractivity contribution >= 4 is 57.0 Å². The molecule has 0 atom stereocenters. The molecular weight excluding hydrogens is 480 g/mol. The summed E-state index contributed by atoms with van der Waals surface area (Å²) in [6, 6.07) is 16.6. The van der Waals surface area contributed by atoms with Crippen LogP contribution >= 0.6 is 23.1 Å². The zero-order valence-electron chi connectivity index (χ0n) is 19.4. The van der Waals surface area contributed by atoms with Gasteiger partial charge in [0.1, 0.15) is 4.70 Å². The Kier molecular flexibility index (Phi) is 8.60. The van der Waals surface area contributed by atoms with Crippen LogP contribution in [-0.4, -0.2) is 28.7 Å². The maximum atomic E-state index is 10.9. The number of thiazole rings is 1. The molecule has 0 saturated carbocycles. The van der Waals surface area contributed by atoms with E-state index in [0.29, 0.717) is 12.8 Å². The topological polar surface area (TPSA) is 81.7 Å². The molecule has 0 saturated heterocycles. The summed E-state index contributed by atoms with van der Waals surface area (Å²) in [5.41, 5.74) is 2.34. The van der Waals surface area contributed by atoms with Crippen molar-refractivity contribution < 1.29 is 24.4 Å². The monoisotopic (exact) mass is 509 g/mol. The number of rotatable bonds is 12. The highest BCUT2D eigenvalue weighted by Gasteiger charge is 2.24. The fourth-order valence-corrected chi connectivity index (χ4v) is 6.32. The standard InChI is InChI=1S/C27H28N2O4S2/c30-26(31)16-5-7-18-28-20-10-1-3-12-22(20)34-24(28)14-9-15-25-29(19-8-6-17-27(32)33)21-11-2-4-13-23(21)35-25/h1-4,9-15H,5-8,16-19H2,(H-,30,31,32,33)/p+1. The van der Waals surface area contributed by atoms with Gasteiger partial charge >= 0.3 is 11.9 Å². The Bertz CT molecular complexity index is 1270. The molecule has 0 aliphatic carbocycles. The number of hydrogen-bond donors (Lipinski definition) is 2. The molecular formula is C27H29N2O4S2+. The summed E-state index contributed by atoms with van der Waals surface area (Å²) in [6.07, 6.45) is 9.67. The van der Waals surface area contributed by atoms with Crippen LogP contribution in [0.5, 0.6) is 0 Å². The largest absolute Gasteiger partial charge is 0.481 e. The molecule has 1 aliphatic heterocycles. The normalized spacial score (nSPS) is 14.3. The summed E-state index contributed by atoms with van der Waals surface area (Å²) in [7, 11) is 0.